The van der Waals surface area contributed by atoms with Crippen LogP contribution in [0.5, 0.6) is 5.75 Å². The van der Waals surface area contributed by atoms with Gasteiger partial charge in [0.05, 0.1) is 5.75 Å². The zero-order valence-corrected chi connectivity index (χ0v) is 9.41. The molecule has 1 rings (SSSR count). The van der Waals surface area contributed by atoms with Crippen LogP contribution in [-0.2, 0) is 16.4 Å². The van der Waals surface area contributed by atoms with Gasteiger partial charge >= 0.3 is 0 Å². The number of hydrogen-bond acceptors (Lipinski definition) is 4. The molecular formula is C9H13NO4S. The number of sulfone groups is 1. The van der Waals surface area contributed by atoms with Gasteiger partial charge in [-0.2, -0.15) is 0 Å². The van der Waals surface area contributed by atoms with Crippen molar-refractivity contribution in [2.75, 3.05) is 5.75 Å². The van der Waals surface area contributed by atoms with Gasteiger partial charge in [0.2, 0.25) is 0 Å². The molecule has 0 unspecified atom stereocenters. The number of aromatic hydroxyl groups is 1. The van der Waals surface area contributed by atoms with E-state index in [1.165, 1.54) is 23.8 Å². The van der Waals surface area contributed by atoms with Crippen LogP contribution in [0, 0.1) is 0 Å². The van der Waals surface area contributed by atoms with Crippen molar-refractivity contribution in [2.24, 2.45) is 0 Å². The summed E-state index contributed by atoms with van der Waals surface area (Å²) in [6.45, 7) is 3.52. The SMILES string of the molecule is CCn1ccc(O)c(S(=O)(=O)CC)c1=O. The van der Waals surface area contributed by atoms with Crippen LogP contribution in [0.15, 0.2) is 22.0 Å². The maximum Gasteiger partial charge on any atom is 0.273 e. The Morgan fingerprint density at radius 2 is 2.00 bits per heavy atom. The summed E-state index contributed by atoms with van der Waals surface area (Å²) in [6.07, 6.45) is 1.37. The fourth-order valence-corrected chi connectivity index (χ4v) is 2.29. The first kappa shape index (κ1) is 11.8. The monoisotopic (exact) mass is 231 g/mol. The Hall–Kier alpha value is -1.30. The molecule has 1 aromatic heterocycles. The van der Waals surface area contributed by atoms with Crippen molar-refractivity contribution < 1.29 is 13.5 Å². The second kappa shape index (κ2) is 4.06. The predicted octanol–water partition coefficient (Wildman–Crippen LogP) is 0.367. The van der Waals surface area contributed by atoms with E-state index >= 15 is 0 Å². The van der Waals surface area contributed by atoms with Gasteiger partial charge in [-0.15, -0.1) is 0 Å². The molecule has 0 atom stereocenters. The number of nitrogens with zero attached hydrogens (tertiary/aromatic N) is 1. The minimum Gasteiger partial charge on any atom is -0.506 e. The van der Waals surface area contributed by atoms with Gasteiger partial charge in [0.25, 0.3) is 5.56 Å². The maximum absolute atomic E-state index is 11.7. The first-order valence-corrected chi connectivity index (χ1v) is 6.24. The number of aromatic nitrogens is 1. The molecule has 0 aromatic carbocycles. The van der Waals surface area contributed by atoms with Crippen LogP contribution in [0.25, 0.3) is 0 Å². The van der Waals surface area contributed by atoms with Crippen molar-refractivity contribution in [3.8, 4) is 5.75 Å². The third-order valence-corrected chi connectivity index (χ3v) is 3.90. The lowest BCUT2D eigenvalue weighted by molar-refractivity contribution is 0.451. The highest BCUT2D eigenvalue weighted by atomic mass is 32.2. The minimum absolute atomic E-state index is 0.205. The Bertz CT molecular complexity index is 515. The summed E-state index contributed by atoms with van der Waals surface area (Å²) in [5.41, 5.74) is -0.667. The Morgan fingerprint density at radius 1 is 1.40 bits per heavy atom. The van der Waals surface area contributed by atoms with Gasteiger partial charge in [-0.25, -0.2) is 8.42 Å². The standard InChI is InChI=1S/C9H13NO4S/c1-3-10-6-5-7(11)8(9(10)12)15(13,14)4-2/h5-6,11H,3-4H2,1-2H3. The third-order valence-electron chi connectivity index (χ3n) is 2.13. The van der Waals surface area contributed by atoms with E-state index in [9.17, 15) is 18.3 Å². The third kappa shape index (κ3) is 2.04. The van der Waals surface area contributed by atoms with Crippen molar-refractivity contribution in [1.82, 2.24) is 4.57 Å². The van der Waals surface area contributed by atoms with E-state index in [1.54, 1.807) is 6.92 Å². The molecule has 0 aliphatic rings. The summed E-state index contributed by atoms with van der Waals surface area (Å²) in [6, 6.07) is 1.22. The number of rotatable bonds is 3. The summed E-state index contributed by atoms with van der Waals surface area (Å²) in [5.74, 6) is -0.685. The van der Waals surface area contributed by atoms with Crippen molar-refractivity contribution >= 4 is 9.84 Å². The number of hydrogen-bond donors (Lipinski definition) is 1. The molecule has 0 spiro atoms. The first-order valence-electron chi connectivity index (χ1n) is 4.59. The summed E-state index contributed by atoms with van der Waals surface area (Å²) in [4.78, 5) is 11.1. The molecule has 0 amide bonds. The van der Waals surface area contributed by atoms with Gasteiger partial charge in [-0.05, 0) is 13.0 Å². The molecule has 0 saturated heterocycles. The average Bonchev–Trinajstić information content (AvgIpc) is 2.18. The highest BCUT2D eigenvalue weighted by Crippen LogP contribution is 2.18. The highest BCUT2D eigenvalue weighted by molar-refractivity contribution is 7.91. The fraction of sp³-hybridized carbons (Fsp3) is 0.444. The zero-order valence-electron chi connectivity index (χ0n) is 8.60. The molecule has 0 fully saturated rings. The normalized spacial score (nSPS) is 11.6. The van der Waals surface area contributed by atoms with Crippen molar-refractivity contribution in [3.05, 3.63) is 22.6 Å². The summed E-state index contributed by atoms with van der Waals surface area (Å²) < 4.78 is 24.3. The highest BCUT2D eigenvalue weighted by Gasteiger charge is 2.21. The quantitative estimate of drug-likeness (QED) is 0.815. The predicted molar refractivity (Wildman–Crippen MR) is 55.8 cm³/mol. The molecule has 0 bridgehead atoms. The van der Waals surface area contributed by atoms with Crippen molar-refractivity contribution in [3.63, 3.8) is 0 Å². The Balaban J connectivity index is 3.62. The van der Waals surface area contributed by atoms with Gasteiger partial charge in [-0.1, -0.05) is 6.92 Å². The molecule has 15 heavy (non-hydrogen) atoms. The van der Waals surface area contributed by atoms with E-state index in [0.717, 1.165) is 0 Å². The smallest absolute Gasteiger partial charge is 0.273 e. The van der Waals surface area contributed by atoms with Crippen molar-refractivity contribution in [1.29, 1.82) is 0 Å². The van der Waals surface area contributed by atoms with Gasteiger partial charge in [-0.3, -0.25) is 4.79 Å². The zero-order chi connectivity index (χ0) is 11.6. The fourth-order valence-electron chi connectivity index (χ4n) is 1.23. The topological polar surface area (TPSA) is 76.4 Å². The van der Waals surface area contributed by atoms with E-state index in [2.05, 4.69) is 0 Å². The van der Waals surface area contributed by atoms with Crippen LogP contribution in [0.3, 0.4) is 0 Å². The lowest BCUT2D eigenvalue weighted by atomic mass is 10.4. The number of aryl methyl sites for hydroxylation is 1. The average molecular weight is 231 g/mol. The van der Waals surface area contributed by atoms with Crippen LogP contribution in [0.1, 0.15) is 13.8 Å². The molecule has 1 aromatic rings. The second-order valence-corrected chi connectivity index (χ2v) is 5.24. The van der Waals surface area contributed by atoms with Crippen molar-refractivity contribution in [2.45, 2.75) is 25.3 Å². The molecule has 0 saturated carbocycles. The largest absolute Gasteiger partial charge is 0.506 e. The van der Waals surface area contributed by atoms with E-state index < -0.39 is 26.0 Å². The van der Waals surface area contributed by atoms with E-state index in [-0.39, 0.29) is 5.75 Å². The Kier molecular flexibility index (Phi) is 3.18. The minimum atomic E-state index is -3.68. The second-order valence-electron chi connectivity index (χ2n) is 3.02. The molecule has 6 heteroatoms. The van der Waals surface area contributed by atoms with Crippen LogP contribution in [0.4, 0.5) is 0 Å². The van der Waals surface area contributed by atoms with Gasteiger partial charge in [0, 0.05) is 12.7 Å². The van der Waals surface area contributed by atoms with Gasteiger partial charge in [0.1, 0.15) is 5.75 Å². The van der Waals surface area contributed by atoms with Gasteiger partial charge < -0.3 is 9.67 Å². The van der Waals surface area contributed by atoms with E-state index in [4.69, 9.17) is 0 Å². The van der Waals surface area contributed by atoms with Crippen LogP contribution in [0.2, 0.25) is 0 Å². The first-order chi connectivity index (χ1) is 6.94. The molecule has 0 aliphatic heterocycles. The molecule has 0 radical (unpaired) electrons. The summed E-state index contributed by atoms with van der Waals surface area (Å²) >= 11 is 0. The molecule has 84 valence electrons. The molecule has 0 aliphatic carbocycles. The van der Waals surface area contributed by atoms with E-state index in [1.807, 2.05) is 0 Å². The van der Waals surface area contributed by atoms with Crippen LogP contribution in [-0.4, -0.2) is 23.8 Å². The molecule has 1 heterocycles. The van der Waals surface area contributed by atoms with Gasteiger partial charge in [0.15, 0.2) is 14.7 Å². The summed E-state index contributed by atoms with van der Waals surface area (Å²) in [5, 5.41) is 9.39. The van der Waals surface area contributed by atoms with Crippen LogP contribution < -0.4 is 5.56 Å². The number of pyridine rings is 1. The molecular weight excluding hydrogens is 218 g/mol. The Morgan fingerprint density at radius 3 is 2.47 bits per heavy atom. The summed E-state index contributed by atoms with van der Waals surface area (Å²) in [7, 11) is -3.68. The molecule has 5 nitrogen and oxygen atoms in total. The van der Waals surface area contributed by atoms with Crippen LogP contribution >= 0.6 is 0 Å². The van der Waals surface area contributed by atoms with E-state index in [0.29, 0.717) is 6.54 Å². The molecule has 1 N–H and O–H groups in total. The lowest BCUT2D eigenvalue weighted by Gasteiger charge is -2.07. The Labute approximate surface area is 87.9 Å². The lowest BCUT2D eigenvalue weighted by Crippen LogP contribution is -2.25. The maximum atomic E-state index is 11.7.